The van der Waals surface area contributed by atoms with Crippen LogP contribution in [0.15, 0.2) is 30.3 Å². The van der Waals surface area contributed by atoms with Gasteiger partial charge in [-0.2, -0.15) is 0 Å². The molecule has 4 heteroatoms. The molecule has 1 N–H and O–H groups in total. The van der Waals surface area contributed by atoms with Crippen LogP contribution in [-0.4, -0.2) is 12.5 Å². The summed E-state index contributed by atoms with van der Waals surface area (Å²) in [6, 6.07) is 9.94. The van der Waals surface area contributed by atoms with Gasteiger partial charge in [0.25, 0.3) is 0 Å². The fourth-order valence-electron chi connectivity index (χ4n) is 2.82. The zero-order valence-corrected chi connectivity index (χ0v) is 16.2. The number of carbonyl (C=O) groups excluding carboxylic acids is 1. The Bertz CT molecular complexity index is 733. The third-order valence-electron chi connectivity index (χ3n) is 4.23. The molecule has 0 saturated heterocycles. The second-order valence-corrected chi connectivity index (χ2v) is 6.71. The van der Waals surface area contributed by atoms with Crippen molar-refractivity contribution in [1.82, 2.24) is 0 Å². The Hall–Kier alpha value is -2.00. The van der Waals surface area contributed by atoms with E-state index in [-0.39, 0.29) is 5.91 Å². The number of rotatable bonds is 7. The minimum absolute atomic E-state index is 0.0241. The molecule has 2 rings (SSSR count). The summed E-state index contributed by atoms with van der Waals surface area (Å²) in [5.74, 6) is 0.822. The van der Waals surface area contributed by atoms with E-state index in [4.69, 9.17) is 16.3 Å². The van der Waals surface area contributed by atoms with Crippen molar-refractivity contribution in [2.75, 3.05) is 11.9 Å². The molecule has 1 amide bonds. The summed E-state index contributed by atoms with van der Waals surface area (Å²) in [6.45, 7) is 8.53. The minimum Gasteiger partial charge on any atom is -0.494 e. The van der Waals surface area contributed by atoms with Crippen LogP contribution in [0.4, 0.5) is 5.69 Å². The summed E-state index contributed by atoms with van der Waals surface area (Å²) in [4.78, 5) is 12.2. The van der Waals surface area contributed by atoms with Crippen molar-refractivity contribution < 1.29 is 9.53 Å². The molecule has 0 spiro atoms. The molecule has 0 aliphatic heterocycles. The Labute approximate surface area is 155 Å². The van der Waals surface area contributed by atoms with Gasteiger partial charge in [-0.3, -0.25) is 4.79 Å². The molecule has 25 heavy (non-hydrogen) atoms. The first kappa shape index (κ1) is 19.3. The lowest BCUT2D eigenvalue weighted by molar-refractivity contribution is -0.116. The number of para-hydroxylation sites is 1. The van der Waals surface area contributed by atoms with Gasteiger partial charge in [-0.25, -0.2) is 0 Å². The molecular weight excluding hydrogens is 334 g/mol. The number of anilines is 1. The maximum atomic E-state index is 12.2. The molecule has 0 unspecified atom stereocenters. The van der Waals surface area contributed by atoms with Gasteiger partial charge in [0, 0.05) is 17.1 Å². The van der Waals surface area contributed by atoms with Gasteiger partial charge in [0.15, 0.2) is 0 Å². The molecule has 0 fully saturated rings. The van der Waals surface area contributed by atoms with E-state index in [0.717, 1.165) is 45.1 Å². The van der Waals surface area contributed by atoms with Crippen LogP contribution in [0.2, 0.25) is 5.02 Å². The van der Waals surface area contributed by atoms with Gasteiger partial charge < -0.3 is 10.1 Å². The van der Waals surface area contributed by atoms with E-state index in [0.29, 0.717) is 19.4 Å². The Morgan fingerprint density at radius 1 is 1.12 bits per heavy atom. The zero-order chi connectivity index (χ0) is 18.4. The molecule has 0 aliphatic carbocycles. The Morgan fingerprint density at radius 2 is 1.80 bits per heavy atom. The Morgan fingerprint density at radius 3 is 2.44 bits per heavy atom. The third-order valence-corrected chi connectivity index (χ3v) is 4.83. The lowest BCUT2D eigenvalue weighted by Crippen LogP contribution is -2.15. The van der Waals surface area contributed by atoms with Crippen LogP contribution in [0.25, 0.3) is 0 Å². The van der Waals surface area contributed by atoms with Gasteiger partial charge in [0.1, 0.15) is 5.75 Å². The van der Waals surface area contributed by atoms with Gasteiger partial charge in [-0.05, 0) is 68.0 Å². The fraction of sp³-hybridized carbons (Fsp3) is 0.381. The highest BCUT2D eigenvalue weighted by atomic mass is 35.5. The summed E-state index contributed by atoms with van der Waals surface area (Å²) < 4.78 is 5.75. The lowest BCUT2D eigenvalue weighted by Gasteiger charge is -2.13. The van der Waals surface area contributed by atoms with Crippen molar-refractivity contribution in [3.63, 3.8) is 0 Å². The van der Waals surface area contributed by atoms with E-state index >= 15 is 0 Å². The highest BCUT2D eigenvalue weighted by Crippen LogP contribution is 2.26. The number of carbonyl (C=O) groups is 1. The summed E-state index contributed by atoms with van der Waals surface area (Å²) in [5.41, 5.74) is 5.20. The van der Waals surface area contributed by atoms with Crippen LogP contribution in [0.3, 0.4) is 0 Å². The zero-order valence-electron chi connectivity index (χ0n) is 15.4. The summed E-state index contributed by atoms with van der Waals surface area (Å²) in [5, 5.41) is 3.82. The van der Waals surface area contributed by atoms with Gasteiger partial charge >= 0.3 is 0 Å². The van der Waals surface area contributed by atoms with Crippen LogP contribution in [0.5, 0.6) is 5.75 Å². The lowest BCUT2D eigenvalue weighted by atomic mass is 10.1. The minimum atomic E-state index is 0.0241. The molecule has 0 saturated carbocycles. The van der Waals surface area contributed by atoms with E-state index < -0.39 is 0 Å². The standard InChI is InChI=1S/C21H26ClNO2/c1-5-17-9-6-8-14(2)21(17)23-19(24)10-7-11-25-18-12-15(3)20(22)16(4)13-18/h6,8-9,12-13H,5,7,10-11H2,1-4H3,(H,23,24). The van der Waals surface area contributed by atoms with Crippen molar-refractivity contribution >= 4 is 23.2 Å². The molecule has 0 aromatic heterocycles. The number of nitrogens with one attached hydrogen (secondary N) is 1. The topological polar surface area (TPSA) is 38.3 Å². The average molecular weight is 360 g/mol. The number of benzene rings is 2. The predicted octanol–water partition coefficient (Wildman–Crippen LogP) is 5.63. The van der Waals surface area contributed by atoms with Gasteiger partial charge in [0.05, 0.1) is 6.61 Å². The molecule has 0 heterocycles. The molecule has 0 bridgehead atoms. The molecule has 134 valence electrons. The monoisotopic (exact) mass is 359 g/mol. The normalized spacial score (nSPS) is 10.6. The van der Waals surface area contributed by atoms with Gasteiger partial charge in [0.2, 0.25) is 5.91 Å². The number of halogens is 1. The number of amides is 1. The molecule has 0 atom stereocenters. The second kappa shape index (κ2) is 8.91. The van der Waals surface area contributed by atoms with Crippen molar-refractivity contribution in [3.05, 3.63) is 57.6 Å². The van der Waals surface area contributed by atoms with Crippen LogP contribution in [0.1, 0.15) is 42.0 Å². The number of aryl methyl sites for hydroxylation is 4. The van der Waals surface area contributed by atoms with E-state index in [2.05, 4.69) is 18.3 Å². The summed E-state index contributed by atoms with van der Waals surface area (Å²) in [6.07, 6.45) is 2.00. The summed E-state index contributed by atoms with van der Waals surface area (Å²) >= 11 is 6.16. The molecular formula is C21H26ClNO2. The first-order valence-corrected chi connectivity index (χ1v) is 9.08. The first-order valence-electron chi connectivity index (χ1n) is 8.70. The van der Waals surface area contributed by atoms with Crippen molar-refractivity contribution in [1.29, 1.82) is 0 Å². The Balaban J connectivity index is 1.84. The molecule has 2 aromatic rings. The van der Waals surface area contributed by atoms with E-state index in [1.807, 2.05) is 45.0 Å². The largest absolute Gasteiger partial charge is 0.494 e. The quantitative estimate of drug-likeness (QED) is 0.651. The first-order chi connectivity index (χ1) is 11.9. The van der Waals surface area contributed by atoms with Crippen molar-refractivity contribution in [2.45, 2.75) is 47.0 Å². The average Bonchev–Trinajstić information content (AvgIpc) is 2.58. The third kappa shape index (κ3) is 5.23. The number of ether oxygens (including phenoxy) is 1. The molecule has 3 nitrogen and oxygen atoms in total. The molecule has 0 radical (unpaired) electrons. The van der Waals surface area contributed by atoms with Crippen LogP contribution < -0.4 is 10.1 Å². The van der Waals surface area contributed by atoms with Crippen LogP contribution in [0, 0.1) is 20.8 Å². The fourth-order valence-corrected chi connectivity index (χ4v) is 2.93. The Kier molecular flexibility index (Phi) is 6.89. The second-order valence-electron chi connectivity index (χ2n) is 6.33. The molecule has 2 aromatic carbocycles. The van der Waals surface area contributed by atoms with Gasteiger partial charge in [-0.1, -0.05) is 36.7 Å². The smallest absolute Gasteiger partial charge is 0.224 e. The van der Waals surface area contributed by atoms with E-state index in [9.17, 15) is 4.79 Å². The van der Waals surface area contributed by atoms with Crippen LogP contribution >= 0.6 is 11.6 Å². The van der Waals surface area contributed by atoms with E-state index in [1.165, 1.54) is 0 Å². The maximum Gasteiger partial charge on any atom is 0.224 e. The molecule has 0 aliphatic rings. The van der Waals surface area contributed by atoms with Gasteiger partial charge in [-0.15, -0.1) is 0 Å². The summed E-state index contributed by atoms with van der Waals surface area (Å²) in [7, 11) is 0. The number of hydrogen-bond donors (Lipinski definition) is 1. The van der Waals surface area contributed by atoms with E-state index in [1.54, 1.807) is 0 Å². The SMILES string of the molecule is CCc1cccc(C)c1NC(=O)CCCOc1cc(C)c(Cl)c(C)c1. The van der Waals surface area contributed by atoms with Crippen molar-refractivity contribution in [3.8, 4) is 5.75 Å². The highest BCUT2D eigenvalue weighted by Gasteiger charge is 2.09. The maximum absolute atomic E-state index is 12.2. The number of hydrogen-bond acceptors (Lipinski definition) is 2. The highest BCUT2D eigenvalue weighted by molar-refractivity contribution is 6.32. The van der Waals surface area contributed by atoms with Crippen LogP contribution in [-0.2, 0) is 11.2 Å². The predicted molar refractivity (Wildman–Crippen MR) is 105 cm³/mol. The van der Waals surface area contributed by atoms with Crippen molar-refractivity contribution in [2.24, 2.45) is 0 Å².